The lowest BCUT2D eigenvalue weighted by atomic mass is 10.0. The lowest BCUT2D eigenvalue weighted by molar-refractivity contribution is -0.385. The number of nitro benzene ring substituents is 1. The average molecular weight is 356 g/mol. The Morgan fingerprint density at radius 2 is 1.92 bits per heavy atom. The number of nitro groups is 1. The van der Waals surface area contributed by atoms with Gasteiger partial charge in [-0.2, -0.15) is 0 Å². The number of benzene rings is 2. The first-order valence-corrected chi connectivity index (χ1v) is 8.88. The molecular weight excluding hydrogens is 332 g/mol. The van der Waals surface area contributed by atoms with Crippen LogP contribution in [0.3, 0.4) is 0 Å². The van der Waals surface area contributed by atoms with Gasteiger partial charge in [0.25, 0.3) is 0 Å². The van der Waals surface area contributed by atoms with Gasteiger partial charge in [-0.3, -0.25) is 15.0 Å². The van der Waals surface area contributed by atoms with Gasteiger partial charge in [0, 0.05) is 25.7 Å². The maximum atomic E-state index is 11.0. The average Bonchev–Trinajstić information content (AvgIpc) is 2.64. The van der Waals surface area contributed by atoms with E-state index < -0.39 is 4.92 Å². The molecule has 0 fully saturated rings. The van der Waals surface area contributed by atoms with Crippen molar-refractivity contribution in [2.75, 3.05) is 32.9 Å². The fourth-order valence-electron chi connectivity index (χ4n) is 3.14. The van der Waals surface area contributed by atoms with E-state index in [1.54, 1.807) is 12.1 Å². The van der Waals surface area contributed by atoms with Gasteiger partial charge in [0.2, 0.25) is 0 Å². The van der Waals surface area contributed by atoms with E-state index in [0.29, 0.717) is 25.6 Å². The van der Waals surface area contributed by atoms with Crippen molar-refractivity contribution in [3.05, 3.63) is 69.3 Å². The maximum absolute atomic E-state index is 11.0. The largest absolute Gasteiger partial charge is 0.484 e. The quantitative estimate of drug-likeness (QED) is 0.412. The Bertz CT molecular complexity index is 763. The molecule has 0 aliphatic carbocycles. The zero-order chi connectivity index (χ0) is 18.4. The van der Waals surface area contributed by atoms with Crippen molar-refractivity contribution in [2.24, 2.45) is 0 Å². The smallest absolute Gasteiger partial charge is 0.310 e. The van der Waals surface area contributed by atoms with Crippen LogP contribution in [-0.4, -0.2) is 42.7 Å². The van der Waals surface area contributed by atoms with Gasteiger partial charge < -0.3 is 9.47 Å². The molecule has 0 radical (unpaired) electrons. The summed E-state index contributed by atoms with van der Waals surface area (Å²) in [6, 6.07) is 13.4. The highest BCUT2D eigenvalue weighted by molar-refractivity contribution is 5.48. The molecule has 1 aliphatic rings. The van der Waals surface area contributed by atoms with Crippen LogP contribution in [0.1, 0.15) is 16.7 Å². The first kappa shape index (κ1) is 18.4. The number of hydrogen-bond acceptors (Lipinski definition) is 5. The third-order valence-electron chi connectivity index (χ3n) is 4.56. The van der Waals surface area contributed by atoms with Gasteiger partial charge in [-0.15, -0.1) is 0 Å². The van der Waals surface area contributed by atoms with E-state index in [1.165, 1.54) is 17.2 Å². The molecule has 6 heteroatoms. The number of aryl methyl sites for hydroxylation is 1. The van der Waals surface area contributed by atoms with Crippen LogP contribution < -0.4 is 4.74 Å². The van der Waals surface area contributed by atoms with Crippen molar-refractivity contribution in [3.8, 4) is 5.75 Å². The summed E-state index contributed by atoms with van der Waals surface area (Å²) in [5.74, 6) is 0.297. The van der Waals surface area contributed by atoms with Crippen LogP contribution in [-0.2, 0) is 17.7 Å². The second kappa shape index (κ2) is 8.78. The number of fused-ring (bicyclic) bond motifs is 1. The van der Waals surface area contributed by atoms with Crippen molar-refractivity contribution < 1.29 is 14.4 Å². The van der Waals surface area contributed by atoms with Gasteiger partial charge in [-0.25, -0.2) is 0 Å². The first-order chi connectivity index (χ1) is 12.6. The second-order valence-electron chi connectivity index (χ2n) is 6.48. The summed E-state index contributed by atoms with van der Waals surface area (Å²) in [4.78, 5) is 13.0. The molecule has 0 N–H and O–H groups in total. The van der Waals surface area contributed by atoms with Crippen LogP contribution in [0.4, 0.5) is 5.69 Å². The Kier molecular flexibility index (Phi) is 6.20. The summed E-state index contributed by atoms with van der Waals surface area (Å²) < 4.78 is 11.2. The van der Waals surface area contributed by atoms with Crippen molar-refractivity contribution in [3.63, 3.8) is 0 Å². The standard InChI is InChI=1S/C20H24N2O4/c1-16-6-7-19(22(23)24)20(14-16)26-13-12-25-11-10-21-9-8-17-4-2-3-5-18(17)15-21/h2-7,14H,8-13,15H2,1H3. The fraction of sp³-hybridized carbons (Fsp3) is 0.400. The van der Waals surface area contributed by atoms with Gasteiger partial charge in [0.15, 0.2) is 5.75 Å². The van der Waals surface area contributed by atoms with Gasteiger partial charge in [0.05, 0.1) is 18.1 Å². The Hall–Kier alpha value is -2.44. The molecule has 0 amide bonds. The van der Waals surface area contributed by atoms with Crippen molar-refractivity contribution in [1.82, 2.24) is 4.90 Å². The highest BCUT2D eigenvalue weighted by atomic mass is 16.6. The molecule has 3 rings (SSSR count). The highest BCUT2D eigenvalue weighted by Gasteiger charge is 2.16. The molecule has 2 aromatic rings. The van der Waals surface area contributed by atoms with Crippen molar-refractivity contribution in [2.45, 2.75) is 19.9 Å². The van der Waals surface area contributed by atoms with Crippen molar-refractivity contribution >= 4 is 5.69 Å². The SMILES string of the molecule is Cc1ccc([N+](=O)[O-])c(OCCOCCN2CCc3ccccc3C2)c1. The van der Waals surface area contributed by atoms with Gasteiger partial charge >= 0.3 is 5.69 Å². The lowest BCUT2D eigenvalue weighted by Gasteiger charge is -2.28. The first-order valence-electron chi connectivity index (χ1n) is 8.88. The van der Waals surface area contributed by atoms with Crippen LogP contribution in [0.2, 0.25) is 0 Å². The molecule has 1 heterocycles. The molecule has 0 aromatic heterocycles. The Morgan fingerprint density at radius 3 is 2.73 bits per heavy atom. The highest BCUT2D eigenvalue weighted by Crippen LogP contribution is 2.27. The minimum atomic E-state index is -0.427. The van der Waals surface area contributed by atoms with E-state index in [4.69, 9.17) is 9.47 Å². The normalized spacial score (nSPS) is 14.0. The predicted molar refractivity (Wildman–Crippen MR) is 99.6 cm³/mol. The molecule has 0 unspecified atom stereocenters. The Morgan fingerprint density at radius 1 is 1.12 bits per heavy atom. The monoisotopic (exact) mass is 356 g/mol. The molecule has 0 bridgehead atoms. The van der Waals surface area contributed by atoms with Crippen LogP contribution in [0.15, 0.2) is 42.5 Å². The number of hydrogen-bond donors (Lipinski definition) is 0. The van der Waals surface area contributed by atoms with E-state index in [9.17, 15) is 10.1 Å². The summed E-state index contributed by atoms with van der Waals surface area (Å²) >= 11 is 0. The zero-order valence-electron chi connectivity index (χ0n) is 15.0. The molecule has 138 valence electrons. The second-order valence-corrected chi connectivity index (χ2v) is 6.48. The van der Waals surface area contributed by atoms with E-state index in [2.05, 4.69) is 29.2 Å². The molecule has 0 atom stereocenters. The minimum Gasteiger partial charge on any atom is -0.484 e. The summed E-state index contributed by atoms with van der Waals surface area (Å²) in [5, 5.41) is 11.0. The Labute approximate surface area is 153 Å². The fourth-order valence-corrected chi connectivity index (χ4v) is 3.14. The van der Waals surface area contributed by atoms with Crippen LogP contribution in [0.25, 0.3) is 0 Å². The molecule has 1 aliphatic heterocycles. The van der Waals surface area contributed by atoms with Gasteiger partial charge in [0.1, 0.15) is 6.61 Å². The topological polar surface area (TPSA) is 64.8 Å². The summed E-state index contributed by atoms with van der Waals surface area (Å²) in [6.07, 6.45) is 1.08. The van der Waals surface area contributed by atoms with E-state index >= 15 is 0 Å². The van der Waals surface area contributed by atoms with Crippen LogP contribution >= 0.6 is 0 Å². The number of rotatable bonds is 8. The summed E-state index contributed by atoms with van der Waals surface area (Å²) in [5.41, 5.74) is 3.76. The predicted octanol–water partition coefficient (Wildman–Crippen LogP) is 3.36. The zero-order valence-corrected chi connectivity index (χ0v) is 15.0. The molecular formula is C20H24N2O4. The summed E-state index contributed by atoms with van der Waals surface area (Å²) in [6.45, 7) is 6.10. The van der Waals surface area contributed by atoms with Gasteiger partial charge in [-0.1, -0.05) is 30.3 Å². The van der Waals surface area contributed by atoms with Gasteiger partial charge in [-0.05, 0) is 36.1 Å². The number of nitrogens with zero attached hydrogens (tertiary/aromatic N) is 2. The molecule has 6 nitrogen and oxygen atoms in total. The van der Waals surface area contributed by atoms with E-state index in [0.717, 1.165) is 31.6 Å². The molecule has 0 spiro atoms. The molecule has 0 saturated carbocycles. The third-order valence-corrected chi connectivity index (χ3v) is 4.56. The van der Waals surface area contributed by atoms with Crippen molar-refractivity contribution in [1.29, 1.82) is 0 Å². The van der Waals surface area contributed by atoms with E-state index in [-0.39, 0.29) is 5.69 Å². The molecule has 0 saturated heterocycles. The Balaban J connectivity index is 1.37. The van der Waals surface area contributed by atoms with E-state index in [1.807, 2.05) is 6.92 Å². The van der Waals surface area contributed by atoms with Crippen LogP contribution in [0, 0.1) is 17.0 Å². The van der Waals surface area contributed by atoms with Crippen LogP contribution in [0.5, 0.6) is 5.75 Å². The molecule has 26 heavy (non-hydrogen) atoms. The summed E-state index contributed by atoms with van der Waals surface area (Å²) in [7, 11) is 0. The molecule has 2 aromatic carbocycles. The third kappa shape index (κ3) is 4.80. The lowest BCUT2D eigenvalue weighted by Crippen LogP contribution is -2.33. The minimum absolute atomic E-state index is 0.0115. The number of ether oxygens (including phenoxy) is 2. The maximum Gasteiger partial charge on any atom is 0.310 e.